The van der Waals surface area contributed by atoms with Crippen LogP contribution in [0, 0.1) is 6.92 Å². The van der Waals surface area contributed by atoms with Crippen LogP contribution in [0.4, 0.5) is 5.82 Å². The summed E-state index contributed by atoms with van der Waals surface area (Å²) >= 11 is 0. The predicted octanol–water partition coefficient (Wildman–Crippen LogP) is 2.93. The average molecular weight is 298 g/mol. The smallest absolute Gasteiger partial charge is 0.271 e. The van der Waals surface area contributed by atoms with Gasteiger partial charge in [-0.25, -0.2) is 9.97 Å². The number of amides is 1. The lowest BCUT2D eigenvalue weighted by Gasteiger charge is -2.08. The Morgan fingerprint density at radius 1 is 1.18 bits per heavy atom. The molecule has 5 nitrogen and oxygen atoms in total. The van der Waals surface area contributed by atoms with Crippen molar-refractivity contribution < 1.29 is 4.79 Å². The number of unbranched alkanes of at least 4 members (excludes halogenated alkanes) is 1. The molecule has 1 amide bonds. The van der Waals surface area contributed by atoms with E-state index in [9.17, 15) is 4.79 Å². The topological polar surface area (TPSA) is 66.9 Å². The van der Waals surface area contributed by atoms with Crippen LogP contribution in [0.25, 0.3) is 0 Å². The largest absolute Gasteiger partial charge is 0.365 e. The van der Waals surface area contributed by atoms with Crippen molar-refractivity contribution in [2.24, 2.45) is 0 Å². The Labute approximate surface area is 131 Å². The summed E-state index contributed by atoms with van der Waals surface area (Å²) in [5.41, 5.74) is 2.79. The first kappa shape index (κ1) is 15.9. The summed E-state index contributed by atoms with van der Waals surface area (Å²) in [6, 6.07) is 8.18. The van der Waals surface area contributed by atoms with E-state index in [0.717, 1.165) is 12.8 Å². The van der Waals surface area contributed by atoms with E-state index in [1.54, 1.807) is 6.20 Å². The molecule has 116 valence electrons. The third-order valence-electron chi connectivity index (χ3n) is 3.42. The fraction of sp³-hybridized carbons (Fsp3) is 0.353. The van der Waals surface area contributed by atoms with E-state index in [-0.39, 0.29) is 5.91 Å². The van der Waals surface area contributed by atoms with Gasteiger partial charge < -0.3 is 10.6 Å². The highest BCUT2D eigenvalue weighted by Gasteiger charge is 2.07. The van der Waals surface area contributed by atoms with Gasteiger partial charge in [0.1, 0.15) is 11.5 Å². The Hall–Kier alpha value is -2.43. The molecule has 1 aromatic carbocycles. The van der Waals surface area contributed by atoms with E-state index in [1.165, 1.54) is 17.3 Å². The third kappa shape index (κ3) is 4.55. The van der Waals surface area contributed by atoms with Crippen LogP contribution in [0.5, 0.6) is 0 Å². The van der Waals surface area contributed by atoms with Crippen molar-refractivity contribution in [1.82, 2.24) is 15.3 Å². The number of rotatable bonds is 7. The van der Waals surface area contributed by atoms with Crippen LogP contribution >= 0.6 is 0 Å². The van der Waals surface area contributed by atoms with Gasteiger partial charge in [0.2, 0.25) is 0 Å². The van der Waals surface area contributed by atoms with Gasteiger partial charge >= 0.3 is 0 Å². The molecule has 2 aromatic rings. The minimum absolute atomic E-state index is 0.175. The summed E-state index contributed by atoms with van der Waals surface area (Å²) in [5, 5.41) is 6.04. The van der Waals surface area contributed by atoms with E-state index in [4.69, 9.17) is 0 Å². The molecule has 0 fully saturated rings. The molecule has 0 saturated carbocycles. The van der Waals surface area contributed by atoms with Gasteiger partial charge in [0, 0.05) is 13.1 Å². The fourth-order valence-electron chi connectivity index (χ4n) is 2.00. The van der Waals surface area contributed by atoms with E-state index >= 15 is 0 Å². The maximum absolute atomic E-state index is 11.8. The second-order valence-electron chi connectivity index (χ2n) is 5.18. The first-order valence-corrected chi connectivity index (χ1v) is 7.59. The van der Waals surface area contributed by atoms with E-state index in [2.05, 4.69) is 46.6 Å². The Morgan fingerprint density at radius 3 is 2.68 bits per heavy atom. The molecule has 0 aliphatic rings. The molecule has 0 radical (unpaired) electrons. The predicted molar refractivity (Wildman–Crippen MR) is 87.8 cm³/mol. The zero-order chi connectivity index (χ0) is 15.8. The molecule has 0 unspecified atom stereocenters. The van der Waals surface area contributed by atoms with Gasteiger partial charge in [0.05, 0.1) is 12.4 Å². The number of benzene rings is 1. The van der Waals surface area contributed by atoms with Crippen LogP contribution in [-0.2, 0) is 6.54 Å². The molecular formula is C17H22N4O. The maximum Gasteiger partial charge on any atom is 0.271 e. The Morgan fingerprint density at radius 2 is 2.00 bits per heavy atom. The maximum atomic E-state index is 11.8. The lowest BCUT2D eigenvalue weighted by Crippen LogP contribution is -2.25. The number of hydrogen-bond acceptors (Lipinski definition) is 4. The summed E-state index contributed by atoms with van der Waals surface area (Å²) in [6.45, 7) is 5.51. The van der Waals surface area contributed by atoms with Crippen LogP contribution in [-0.4, -0.2) is 22.4 Å². The molecule has 1 aromatic heterocycles. The summed E-state index contributed by atoms with van der Waals surface area (Å²) < 4.78 is 0. The highest BCUT2D eigenvalue weighted by atomic mass is 16.1. The lowest BCUT2D eigenvalue weighted by molar-refractivity contribution is 0.0948. The van der Waals surface area contributed by atoms with Crippen molar-refractivity contribution in [2.45, 2.75) is 33.2 Å². The van der Waals surface area contributed by atoms with Crippen molar-refractivity contribution >= 4 is 11.7 Å². The quantitative estimate of drug-likeness (QED) is 0.771. The van der Waals surface area contributed by atoms with Crippen LogP contribution < -0.4 is 10.6 Å². The first-order valence-electron chi connectivity index (χ1n) is 7.59. The molecule has 0 saturated heterocycles. The number of carbonyl (C=O) groups is 1. The first-order chi connectivity index (χ1) is 10.7. The molecule has 0 atom stereocenters. The average Bonchev–Trinajstić information content (AvgIpc) is 2.55. The molecule has 0 spiro atoms. The molecular weight excluding hydrogens is 276 g/mol. The number of anilines is 1. The molecule has 22 heavy (non-hydrogen) atoms. The fourth-order valence-corrected chi connectivity index (χ4v) is 2.00. The number of nitrogens with one attached hydrogen (secondary N) is 2. The normalized spacial score (nSPS) is 10.3. The van der Waals surface area contributed by atoms with Crippen LogP contribution in [0.2, 0.25) is 0 Å². The van der Waals surface area contributed by atoms with E-state index in [0.29, 0.717) is 24.6 Å². The molecule has 0 aliphatic carbocycles. The van der Waals surface area contributed by atoms with Crippen molar-refractivity contribution in [3.8, 4) is 0 Å². The minimum Gasteiger partial charge on any atom is -0.365 e. The Balaban J connectivity index is 1.89. The zero-order valence-corrected chi connectivity index (χ0v) is 13.1. The summed E-state index contributed by atoms with van der Waals surface area (Å²) in [7, 11) is 0. The molecule has 0 aliphatic heterocycles. The molecule has 0 bridgehead atoms. The Kier molecular flexibility index (Phi) is 5.89. The number of nitrogens with zero attached hydrogens (tertiary/aromatic N) is 2. The molecule has 2 rings (SSSR count). The number of hydrogen-bond donors (Lipinski definition) is 2. The van der Waals surface area contributed by atoms with Gasteiger partial charge in [-0.15, -0.1) is 0 Å². The van der Waals surface area contributed by atoms with Crippen LogP contribution in [0.15, 0.2) is 36.7 Å². The summed E-state index contributed by atoms with van der Waals surface area (Å²) in [6.07, 6.45) is 5.11. The van der Waals surface area contributed by atoms with Crippen molar-refractivity contribution in [3.63, 3.8) is 0 Å². The summed E-state index contributed by atoms with van der Waals surface area (Å²) in [4.78, 5) is 20.2. The highest BCUT2D eigenvalue weighted by Crippen LogP contribution is 2.09. The SMILES string of the molecule is CCCCNC(=O)c1cnc(NCc2ccccc2C)cn1. The Bertz CT molecular complexity index is 610. The highest BCUT2D eigenvalue weighted by molar-refractivity contribution is 5.91. The van der Waals surface area contributed by atoms with Crippen molar-refractivity contribution in [1.29, 1.82) is 0 Å². The standard InChI is InChI=1S/C17H22N4O/c1-3-4-9-18-17(22)15-11-21-16(12-19-15)20-10-14-8-6-5-7-13(14)2/h5-8,11-12H,3-4,9-10H2,1-2H3,(H,18,22)(H,20,21). The monoisotopic (exact) mass is 298 g/mol. The van der Waals surface area contributed by atoms with Gasteiger partial charge in [-0.3, -0.25) is 4.79 Å². The lowest BCUT2D eigenvalue weighted by atomic mass is 10.1. The van der Waals surface area contributed by atoms with Gasteiger partial charge in [-0.2, -0.15) is 0 Å². The van der Waals surface area contributed by atoms with Gasteiger partial charge in [-0.05, 0) is 24.5 Å². The number of aromatic nitrogens is 2. The van der Waals surface area contributed by atoms with Crippen LogP contribution in [0.3, 0.4) is 0 Å². The summed E-state index contributed by atoms with van der Waals surface area (Å²) in [5.74, 6) is 0.486. The second-order valence-corrected chi connectivity index (χ2v) is 5.18. The molecule has 1 heterocycles. The third-order valence-corrected chi connectivity index (χ3v) is 3.42. The number of aryl methyl sites for hydroxylation is 1. The van der Waals surface area contributed by atoms with E-state index in [1.807, 2.05) is 12.1 Å². The van der Waals surface area contributed by atoms with E-state index < -0.39 is 0 Å². The molecule has 5 heteroatoms. The minimum atomic E-state index is -0.175. The van der Waals surface area contributed by atoms with Crippen molar-refractivity contribution in [3.05, 3.63) is 53.5 Å². The zero-order valence-electron chi connectivity index (χ0n) is 13.1. The van der Waals surface area contributed by atoms with Gasteiger partial charge in [0.25, 0.3) is 5.91 Å². The van der Waals surface area contributed by atoms with Gasteiger partial charge in [0.15, 0.2) is 0 Å². The molecule has 2 N–H and O–H groups in total. The van der Waals surface area contributed by atoms with Crippen LogP contribution in [0.1, 0.15) is 41.4 Å². The second kappa shape index (κ2) is 8.12. The van der Waals surface area contributed by atoms with Crippen molar-refractivity contribution in [2.75, 3.05) is 11.9 Å². The number of carbonyl (C=O) groups excluding carboxylic acids is 1. The van der Waals surface area contributed by atoms with Gasteiger partial charge in [-0.1, -0.05) is 37.6 Å².